The predicted octanol–water partition coefficient (Wildman–Crippen LogP) is 2.72. The van der Waals surface area contributed by atoms with Crippen LogP contribution < -0.4 is 0 Å². The lowest BCUT2D eigenvalue weighted by Gasteiger charge is -2.11. The highest BCUT2D eigenvalue weighted by atomic mass is 16.3. The van der Waals surface area contributed by atoms with E-state index in [1.165, 1.54) is 0 Å². The van der Waals surface area contributed by atoms with Crippen LogP contribution in [-0.4, -0.2) is 16.3 Å². The van der Waals surface area contributed by atoms with Gasteiger partial charge in [0.15, 0.2) is 0 Å². The number of para-hydroxylation sites is 1. The maximum Gasteiger partial charge on any atom is 0.122 e. The Labute approximate surface area is 108 Å². The molecular weight excluding hydrogens is 224 g/mol. The van der Waals surface area contributed by atoms with Gasteiger partial charge in [0.2, 0.25) is 0 Å². The van der Waals surface area contributed by atoms with Gasteiger partial charge in [0, 0.05) is 12.8 Å². The maximum absolute atomic E-state index is 10.2. The molecule has 2 N–H and O–H groups in total. The summed E-state index contributed by atoms with van der Waals surface area (Å²) in [5.74, 6) is 0.268. The van der Waals surface area contributed by atoms with Crippen molar-refractivity contribution >= 4 is 0 Å². The monoisotopic (exact) mass is 241 g/mol. The van der Waals surface area contributed by atoms with Gasteiger partial charge >= 0.3 is 0 Å². The van der Waals surface area contributed by atoms with E-state index in [4.69, 9.17) is 0 Å². The van der Waals surface area contributed by atoms with Crippen molar-refractivity contribution in [2.75, 3.05) is 0 Å². The molecule has 2 aromatic carbocycles. The Morgan fingerprint density at radius 1 is 0.944 bits per heavy atom. The Hall–Kier alpha value is -1.80. The third-order valence-electron chi connectivity index (χ3n) is 2.90. The molecule has 0 saturated heterocycles. The summed E-state index contributed by atoms with van der Waals surface area (Å²) in [5, 5.41) is 19.4. The van der Waals surface area contributed by atoms with E-state index in [2.05, 4.69) is 6.92 Å². The van der Waals surface area contributed by atoms with Gasteiger partial charge in [0.05, 0.1) is 6.10 Å². The van der Waals surface area contributed by atoms with Crippen LogP contribution in [0.5, 0.6) is 5.75 Å². The van der Waals surface area contributed by atoms with Crippen LogP contribution in [-0.2, 0) is 12.8 Å². The van der Waals surface area contributed by atoms with E-state index in [1.807, 2.05) is 48.5 Å². The second-order valence-corrected chi connectivity index (χ2v) is 4.45. The first-order chi connectivity index (χ1) is 8.66. The largest absolute Gasteiger partial charge is 0.507 e. The lowest BCUT2D eigenvalue weighted by molar-refractivity contribution is 0.220. The summed E-state index contributed by atoms with van der Waals surface area (Å²) in [6.45, 7) is 3.53. The van der Waals surface area contributed by atoms with Gasteiger partial charge in [0.1, 0.15) is 5.75 Å². The van der Waals surface area contributed by atoms with Crippen LogP contribution in [0.15, 0.2) is 48.5 Å². The third-order valence-corrected chi connectivity index (χ3v) is 2.90. The zero-order valence-electron chi connectivity index (χ0n) is 10.2. The molecular formula is C16H17O2. The van der Waals surface area contributed by atoms with Crippen molar-refractivity contribution in [3.8, 4) is 5.75 Å². The summed E-state index contributed by atoms with van der Waals surface area (Å²) in [6, 6.07) is 15.6. The smallest absolute Gasteiger partial charge is 0.122 e. The number of benzene rings is 2. The van der Waals surface area contributed by atoms with Crippen molar-refractivity contribution in [2.24, 2.45) is 0 Å². The number of aromatic hydroxyl groups is 1. The Morgan fingerprint density at radius 3 is 2.28 bits per heavy atom. The van der Waals surface area contributed by atoms with Crippen molar-refractivity contribution in [2.45, 2.75) is 18.9 Å². The molecule has 1 radical (unpaired) electrons. The number of phenolic OH excluding ortho intramolecular Hbond substituents is 1. The average Bonchev–Trinajstić information content (AvgIpc) is 2.35. The second kappa shape index (κ2) is 5.69. The van der Waals surface area contributed by atoms with Gasteiger partial charge < -0.3 is 10.2 Å². The van der Waals surface area contributed by atoms with Crippen LogP contribution >= 0.6 is 0 Å². The van der Waals surface area contributed by atoms with Crippen LogP contribution in [0.1, 0.15) is 16.7 Å². The van der Waals surface area contributed by atoms with Crippen molar-refractivity contribution in [3.05, 3.63) is 72.1 Å². The van der Waals surface area contributed by atoms with E-state index < -0.39 is 6.10 Å². The molecule has 0 spiro atoms. The molecule has 0 heterocycles. The first kappa shape index (κ1) is 12.7. The molecule has 2 rings (SSSR count). The summed E-state index contributed by atoms with van der Waals surface area (Å²) in [7, 11) is 0. The first-order valence-electron chi connectivity index (χ1n) is 6.01. The summed E-state index contributed by atoms with van der Waals surface area (Å²) in [6.07, 6.45) is 0.366. The Bertz CT molecular complexity index is 504. The van der Waals surface area contributed by atoms with E-state index in [-0.39, 0.29) is 5.75 Å². The summed E-state index contributed by atoms with van der Waals surface area (Å²) in [5.41, 5.74) is 2.77. The molecule has 0 aromatic heterocycles. The molecule has 0 aliphatic heterocycles. The molecule has 1 unspecified atom stereocenters. The Balaban J connectivity index is 2.23. The molecule has 0 amide bonds. The highest BCUT2D eigenvalue weighted by Crippen LogP contribution is 2.25. The zero-order chi connectivity index (χ0) is 13.0. The van der Waals surface area contributed by atoms with Crippen molar-refractivity contribution in [3.63, 3.8) is 0 Å². The third kappa shape index (κ3) is 3.11. The molecule has 18 heavy (non-hydrogen) atoms. The molecule has 2 nitrogen and oxygen atoms in total. The second-order valence-electron chi connectivity index (χ2n) is 4.45. The number of hydrogen-bond donors (Lipinski definition) is 2. The quantitative estimate of drug-likeness (QED) is 0.864. The van der Waals surface area contributed by atoms with E-state index in [1.54, 1.807) is 0 Å². The number of aliphatic hydroxyl groups excluding tert-OH is 1. The molecule has 2 aromatic rings. The highest BCUT2D eigenvalue weighted by molar-refractivity contribution is 5.43. The Kier molecular flexibility index (Phi) is 4.00. The van der Waals surface area contributed by atoms with E-state index in [9.17, 15) is 10.2 Å². The summed E-state index contributed by atoms with van der Waals surface area (Å²) < 4.78 is 0. The van der Waals surface area contributed by atoms with Crippen LogP contribution in [0.4, 0.5) is 0 Å². The van der Waals surface area contributed by atoms with Gasteiger partial charge in [-0.2, -0.15) is 0 Å². The molecule has 0 bridgehead atoms. The predicted molar refractivity (Wildman–Crippen MR) is 72.4 cm³/mol. The minimum atomic E-state index is -0.692. The van der Waals surface area contributed by atoms with Gasteiger partial charge in [-0.3, -0.25) is 0 Å². The first-order valence-corrected chi connectivity index (χ1v) is 6.01. The fraction of sp³-hybridized carbons (Fsp3) is 0.188. The number of aliphatic hydroxyl groups is 1. The normalized spacial score (nSPS) is 12.3. The van der Waals surface area contributed by atoms with Crippen LogP contribution in [0, 0.1) is 6.92 Å². The molecule has 0 fully saturated rings. The molecule has 2 heteroatoms. The van der Waals surface area contributed by atoms with Crippen molar-refractivity contribution in [1.29, 1.82) is 0 Å². The number of rotatable bonds is 4. The molecule has 0 aliphatic rings. The Morgan fingerprint density at radius 2 is 1.61 bits per heavy atom. The number of hydrogen-bond acceptors (Lipinski definition) is 2. The van der Waals surface area contributed by atoms with Crippen LogP contribution in [0.25, 0.3) is 0 Å². The number of phenols is 1. The lowest BCUT2D eigenvalue weighted by atomic mass is 9.99. The SMILES string of the molecule is [CH2]C(O)Cc1cccc(Cc2ccccc2)c1O. The average molecular weight is 241 g/mol. The van der Waals surface area contributed by atoms with E-state index in [0.717, 1.165) is 16.7 Å². The molecule has 0 saturated carbocycles. The minimum Gasteiger partial charge on any atom is -0.507 e. The van der Waals surface area contributed by atoms with Gasteiger partial charge in [-0.15, -0.1) is 0 Å². The standard InChI is InChI=1S/C16H17O2/c1-12(17)10-14-8-5-9-15(16(14)18)11-13-6-3-2-4-7-13/h2-9,12,17-18H,1,10-11H2. The van der Waals surface area contributed by atoms with Gasteiger partial charge in [-0.25, -0.2) is 0 Å². The van der Waals surface area contributed by atoms with Crippen LogP contribution in [0.2, 0.25) is 0 Å². The van der Waals surface area contributed by atoms with E-state index in [0.29, 0.717) is 12.8 Å². The van der Waals surface area contributed by atoms with Gasteiger partial charge in [-0.05, 0) is 23.6 Å². The summed E-state index contributed by atoms with van der Waals surface area (Å²) in [4.78, 5) is 0. The molecule has 1 atom stereocenters. The van der Waals surface area contributed by atoms with Gasteiger partial charge in [-0.1, -0.05) is 48.5 Å². The minimum absolute atomic E-state index is 0.268. The maximum atomic E-state index is 10.2. The topological polar surface area (TPSA) is 40.5 Å². The fourth-order valence-corrected chi connectivity index (χ4v) is 2.02. The zero-order valence-corrected chi connectivity index (χ0v) is 10.2. The highest BCUT2D eigenvalue weighted by Gasteiger charge is 2.09. The van der Waals surface area contributed by atoms with Crippen molar-refractivity contribution < 1.29 is 10.2 Å². The molecule has 0 aliphatic carbocycles. The molecule has 93 valence electrons. The van der Waals surface area contributed by atoms with Gasteiger partial charge in [0.25, 0.3) is 0 Å². The fourth-order valence-electron chi connectivity index (χ4n) is 2.02. The van der Waals surface area contributed by atoms with Crippen LogP contribution in [0.3, 0.4) is 0 Å². The summed E-state index contributed by atoms with van der Waals surface area (Å²) >= 11 is 0. The lowest BCUT2D eigenvalue weighted by Crippen LogP contribution is -2.05. The van der Waals surface area contributed by atoms with E-state index >= 15 is 0 Å². The van der Waals surface area contributed by atoms with Crippen molar-refractivity contribution in [1.82, 2.24) is 0 Å².